The normalized spacial score (nSPS) is 15.8. The second-order valence-electron chi connectivity index (χ2n) is 18.4. The molecule has 0 saturated carbocycles. The van der Waals surface area contributed by atoms with Gasteiger partial charge in [-0.25, -0.2) is 14.6 Å². The van der Waals surface area contributed by atoms with Gasteiger partial charge in [0.15, 0.2) is 0 Å². The molecule has 0 radical (unpaired) electrons. The van der Waals surface area contributed by atoms with Gasteiger partial charge in [0.2, 0.25) is 11.8 Å². The average Bonchev–Trinajstić information content (AvgIpc) is 3.79. The van der Waals surface area contributed by atoms with Crippen molar-refractivity contribution < 1.29 is 29.4 Å². The number of fused-ring (bicyclic) bond motifs is 1. The van der Waals surface area contributed by atoms with E-state index in [1.807, 2.05) is 122 Å². The molecule has 1 saturated heterocycles. The van der Waals surface area contributed by atoms with Crippen LogP contribution in [-0.2, 0) is 29.0 Å². The lowest BCUT2D eigenvalue weighted by atomic mass is 9.84. The molecule has 328 valence electrons. The van der Waals surface area contributed by atoms with Crippen LogP contribution < -0.4 is 10.6 Å². The van der Waals surface area contributed by atoms with E-state index >= 15 is 0 Å². The van der Waals surface area contributed by atoms with Gasteiger partial charge in [-0.05, 0) is 65.5 Å². The molecule has 1 aliphatic rings. The van der Waals surface area contributed by atoms with Crippen molar-refractivity contribution in [3.63, 3.8) is 0 Å². The Kier molecular flexibility index (Phi) is 14.0. The highest BCUT2D eigenvalue weighted by Gasteiger charge is 2.45. The molecule has 3 aromatic heterocycles. The van der Waals surface area contributed by atoms with E-state index in [9.17, 15) is 29.4 Å². The van der Waals surface area contributed by atoms with Gasteiger partial charge in [0.1, 0.15) is 17.9 Å². The number of imidazole rings is 1. The van der Waals surface area contributed by atoms with Crippen LogP contribution in [0.25, 0.3) is 16.8 Å². The minimum Gasteiger partial charge on any atom is -0.465 e. The minimum absolute atomic E-state index is 0.0219. The number of hydrogen-bond donors (Lipinski definition) is 4. The number of nitrogens with zero attached hydrogens (tertiary/aromatic N) is 6. The van der Waals surface area contributed by atoms with Crippen molar-refractivity contribution in [1.82, 2.24) is 39.7 Å². The van der Waals surface area contributed by atoms with Gasteiger partial charge in [0.25, 0.3) is 0 Å². The molecule has 0 spiro atoms. The van der Waals surface area contributed by atoms with Gasteiger partial charge in [-0.15, -0.1) is 0 Å². The van der Waals surface area contributed by atoms with E-state index < -0.39 is 59.0 Å². The summed E-state index contributed by atoms with van der Waals surface area (Å²) >= 11 is 0. The third-order valence-electron chi connectivity index (χ3n) is 11.5. The maximum Gasteiger partial charge on any atom is 0.407 e. The Bertz CT molecular complexity index is 2310. The number of aliphatic hydroxyl groups is 1. The molecule has 0 bridgehead atoms. The first-order chi connectivity index (χ1) is 29.4. The highest BCUT2D eigenvalue weighted by molar-refractivity contribution is 5.89. The van der Waals surface area contributed by atoms with Gasteiger partial charge in [-0.1, -0.05) is 108 Å². The van der Waals surface area contributed by atoms with Crippen LogP contribution >= 0.6 is 0 Å². The Hall–Kier alpha value is -6.28. The lowest BCUT2D eigenvalue weighted by Gasteiger charge is -2.38. The zero-order chi connectivity index (χ0) is 44.8. The van der Waals surface area contributed by atoms with Gasteiger partial charge in [0, 0.05) is 44.1 Å². The quantitative estimate of drug-likeness (QED) is 0.0899. The molecule has 5 aromatic rings. The zero-order valence-corrected chi connectivity index (χ0v) is 36.7. The number of aliphatic hydroxyl groups excluding tert-OH is 1. The SMILES string of the molecule is CN(C(=O)O)[C@H](C(=O)N[C@@H](Cc1ccc(-c2ccccn2)cc1)C[C@H](O)[C@H](Cc1ccccc1)NC(=O)[C@@H](N1CCN(Cc2ncc3ccccn23)C1=O)C(C)(C)C)C(C)(C)C. The largest absolute Gasteiger partial charge is 0.465 e. The highest BCUT2D eigenvalue weighted by atomic mass is 16.4. The standard InChI is InChI=1S/C48H60N8O6/c1-47(2,3)41(53(7)46(61)62)43(58)51-35(27-33-19-21-34(22-20-33)37-18-11-13-23-49-37)29-39(57)38(28-32-15-9-8-10-16-32)52-44(59)42(48(4,5)6)56-26-25-54(45(56)60)31-40-50-30-36-17-12-14-24-55(36)40/h8-24,30,35,38-39,41-42,57H,25-29,31H2,1-7H3,(H,51,58)(H,52,59)(H,61,62)/t35-,38-,39-,41+,42+/m0/s1. The maximum absolute atomic E-state index is 14.7. The number of nitrogens with one attached hydrogen (secondary N) is 2. The van der Waals surface area contributed by atoms with Gasteiger partial charge in [0.05, 0.1) is 36.1 Å². The minimum atomic E-state index is -1.24. The number of carboxylic acid groups (broad SMARTS) is 1. The molecule has 2 aromatic carbocycles. The van der Waals surface area contributed by atoms with Crippen molar-refractivity contribution in [1.29, 1.82) is 0 Å². The second-order valence-corrected chi connectivity index (χ2v) is 18.4. The maximum atomic E-state index is 14.7. The second kappa shape index (κ2) is 19.2. The van der Waals surface area contributed by atoms with Crippen LogP contribution in [-0.4, -0.2) is 114 Å². The van der Waals surface area contributed by atoms with E-state index in [0.717, 1.165) is 32.8 Å². The number of urea groups is 1. The van der Waals surface area contributed by atoms with Crippen LogP contribution in [0.4, 0.5) is 9.59 Å². The number of carbonyl (C=O) groups is 4. The van der Waals surface area contributed by atoms with E-state index in [2.05, 4.69) is 20.6 Å². The lowest BCUT2D eigenvalue weighted by molar-refractivity contribution is -0.131. The molecule has 6 rings (SSSR count). The molecular formula is C48H60N8O6. The monoisotopic (exact) mass is 844 g/mol. The summed E-state index contributed by atoms with van der Waals surface area (Å²) in [5.74, 6) is -0.185. The number of rotatable bonds is 16. The summed E-state index contributed by atoms with van der Waals surface area (Å²) < 4.78 is 1.94. The lowest BCUT2D eigenvalue weighted by Crippen LogP contribution is -2.59. The Labute approximate surface area is 364 Å². The van der Waals surface area contributed by atoms with Crippen LogP contribution in [0.3, 0.4) is 0 Å². The summed E-state index contributed by atoms with van der Waals surface area (Å²) in [6, 6.07) is 25.1. The van der Waals surface area contributed by atoms with Crippen LogP contribution in [0, 0.1) is 10.8 Å². The number of carbonyl (C=O) groups excluding carboxylic acids is 3. The molecular weight excluding hydrogens is 785 g/mol. The topological polar surface area (TPSA) is 173 Å². The van der Waals surface area contributed by atoms with Crippen LogP contribution in [0.1, 0.15) is 64.9 Å². The molecule has 4 heterocycles. The van der Waals surface area contributed by atoms with Gasteiger partial charge >= 0.3 is 12.1 Å². The van der Waals surface area contributed by atoms with E-state index in [-0.39, 0.29) is 25.4 Å². The fraction of sp³-hybridized carbons (Fsp3) is 0.417. The summed E-state index contributed by atoms with van der Waals surface area (Å²) in [4.78, 5) is 68.4. The average molecular weight is 845 g/mol. The van der Waals surface area contributed by atoms with E-state index in [4.69, 9.17) is 0 Å². The first-order valence-electron chi connectivity index (χ1n) is 21.2. The molecule has 1 aliphatic heterocycles. The first kappa shape index (κ1) is 45.3. The van der Waals surface area contributed by atoms with Crippen LogP contribution in [0.2, 0.25) is 0 Å². The first-order valence-corrected chi connectivity index (χ1v) is 21.2. The fourth-order valence-corrected chi connectivity index (χ4v) is 8.51. The van der Waals surface area contributed by atoms with Gasteiger partial charge < -0.3 is 35.0 Å². The van der Waals surface area contributed by atoms with Gasteiger partial charge in [-0.2, -0.15) is 0 Å². The zero-order valence-electron chi connectivity index (χ0n) is 36.7. The molecule has 1 fully saturated rings. The molecule has 0 unspecified atom stereocenters. The van der Waals surface area contributed by atoms with E-state index in [1.165, 1.54) is 7.05 Å². The van der Waals surface area contributed by atoms with Crippen molar-refractivity contribution in [2.45, 2.75) is 97.6 Å². The van der Waals surface area contributed by atoms with E-state index in [1.54, 1.807) is 43.0 Å². The molecule has 5 atom stereocenters. The number of amides is 5. The summed E-state index contributed by atoms with van der Waals surface area (Å²) in [5.41, 5.74) is 2.95. The molecule has 14 nitrogen and oxygen atoms in total. The number of pyridine rings is 2. The Morgan fingerprint density at radius 2 is 1.47 bits per heavy atom. The predicted octanol–water partition coefficient (Wildman–Crippen LogP) is 6.28. The molecule has 14 heteroatoms. The van der Waals surface area contributed by atoms with Crippen molar-refractivity contribution in [3.8, 4) is 11.3 Å². The van der Waals surface area contributed by atoms with Crippen LogP contribution in [0.15, 0.2) is 110 Å². The summed E-state index contributed by atoms with van der Waals surface area (Å²) in [7, 11) is 1.37. The number of aromatic nitrogens is 3. The third-order valence-corrected chi connectivity index (χ3v) is 11.5. The number of likely N-dealkylation sites (N-methyl/N-ethyl adjacent to an activating group) is 1. The highest BCUT2D eigenvalue weighted by Crippen LogP contribution is 2.30. The van der Waals surface area contributed by atoms with Gasteiger partial charge in [-0.3, -0.25) is 19.5 Å². The molecule has 4 N–H and O–H groups in total. The van der Waals surface area contributed by atoms with Crippen molar-refractivity contribution in [2.75, 3.05) is 20.1 Å². The molecule has 5 amide bonds. The Balaban J connectivity index is 1.26. The summed E-state index contributed by atoms with van der Waals surface area (Å²) in [5, 5.41) is 28.5. The number of benzene rings is 2. The smallest absolute Gasteiger partial charge is 0.407 e. The third kappa shape index (κ3) is 11.0. The van der Waals surface area contributed by atoms with Crippen molar-refractivity contribution >= 4 is 29.5 Å². The predicted molar refractivity (Wildman–Crippen MR) is 238 cm³/mol. The van der Waals surface area contributed by atoms with E-state index in [0.29, 0.717) is 25.3 Å². The molecule has 62 heavy (non-hydrogen) atoms. The van der Waals surface area contributed by atoms with Crippen molar-refractivity contribution in [2.24, 2.45) is 10.8 Å². The summed E-state index contributed by atoms with van der Waals surface area (Å²) in [6.45, 7) is 12.2. The molecule has 0 aliphatic carbocycles. The number of hydrogen-bond acceptors (Lipinski definition) is 7. The fourth-order valence-electron chi connectivity index (χ4n) is 8.51. The van der Waals surface area contributed by atoms with Crippen LogP contribution in [0.5, 0.6) is 0 Å². The Morgan fingerprint density at radius 3 is 2.11 bits per heavy atom. The summed E-state index contributed by atoms with van der Waals surface area (Å²) in [6.07, 6.45) is 3.58. The van der Waals surface area contributed by atoms with Crippen molar-refractivity contribution in [3.05, 3.63) is 127 Å². The Morgan fingerprint density at radius 1 is 0.790 bits per heavy atom.